The number of sulfonamides is 1. The zero-order chi connectivity index (χ0) is 23.5. The molecular weight excluding hydrogens is 445 g/mol. The Hall–Kier alpha value is -2.79. The minimum Gasteiger partial charge on any atom is -0.370 e. The molecule has 7 nitrogen and oxygen atoms in total. The Morgan fingerprint density at radius 3 is 2.25 bits per heavy atom. The van der Waals surface area contributed by atoms with E-state index in [1.807, 2.05) is 4.90 Å². The highest BCUT2D eigenvalue weighted by Crippen LogP contribution is 2.36. The molecule has 1 fully saturated rings. The summed E-state index contributed by atoms with van der Waals surface area (Å²) in [5.74, 6) is 0. The van der Waals surface area contributed by atoms with Gasteiger partial charge in [-0.1, -0.05) is 12.1 Å². The number of amides is 2. The highest BCUT2D eigenvalue weighted by Gasteiger charge is 2.32. The second-order valence-corrected chi connectivity index (χ2v) is 9.81. The topological polar surface area (TPSA) is 81.8 Å². The zero-order valence-corrected chi connectivity index (χ0v) is 18.6. The Kier molecular flexibility index (Phi) is 6.99. The van der Waals surface area contributed by atoms with Gasteiger partial charge in [0.25, 0.3) is 0 Å². The number of rotatable bonds is 6. The molecule has 0 aromatic heterocycles. The van der Waals surface area contributed by atoms with E-state index in [2.05, 4.69) is 10.6 Å². The molecule has 2 aromatic carbocycles. The van der Waals surface area contributed by atoms with Crippen LogP contribution < -0.4 is 15.5 Å². The van der Waals surface area contributed by atoms with Crippen molar-refractivity contribution in [2.45, 2.75) is 30.5 Å². The van der Waals surface area contributed by atoms with E-state index in [0.717, 1.165) is 29.3 Å². The fourth-order valence-corrected chi connectivity index (χ4v) is 4.29. The molecule has 0 aliphatic carbocycles. The summed E-state index contributed by atoms with van der Waals surface area (Å²) in [6, 6.07) is 8.68. The smallest absolute Gasteiger partial charge is 0.370 e. The average Bonchev–Trinajstić information content (AvgIpc) is 3.26. The Bertz CT molecular complexity index is 1060. The predicted molar refractivity (Wildman–Crippen MR) is 116 cm³/mol. The van der Waals surface area contributed by atoms with Crippen LogP contribution in [0, 0.1) is 0 Å². The summed E-state index contributed by atoms with van der Waals surface area (Å²) in [6.45, 7) is 1.50. The van der Waals surface area contributed by atoms with E-state index >= 15 is 0 Å². The summed E-state index contributed by atoms with van der Waals surface area (Å²) in [4.78, 5) is 14.5. The summed E-state index contributed by atoms with van der Waals surface area (Å²) >= 11 is 0. The second kappa shape index (κ2) is 9.37. The number of anilines is 2. The van der Waals surface area contributed by atoms with Gasteiger partial charge < -0.3 is 15.5 Å². The maximum absolute atomic E-state index is 13.2. The Labute approximate surface area is 185 Å². The molecule has 0 bridgehead atoms. The van der Waals surface area contributed by atoms with Gasteiger partial charge in [-0.3, -0.25) is 0 Å². The maximum atomic E-state index is 13.2. The number of benzene rings is 2. The molecule has 2 amide bonds. The fraction of sp³-hybridized carbons (Fsp3) is 0.381. The molecule has 11 heteroatoms. The van der Waals surface area contributed by atoms with Gasteiger partial charge in [0.2, 0.25) is 10.0 Å². The highest BCUT2D eigenvalue weighted by molar-refractivity contribution is 7.89. The van der Waals surface area contributed by atoms with Crippen LogP contribution in [0.2, 0.25) is 0 Å². The lowest BCUT2D eigenvalue weighted by Crippen LogP contribution is -2.30. The minimum atomic E-state index is -4.52. The van der Waals surface area contributed by atoms with Crippen molar-refractivity contribution in [2.24, 2.45) is 0 Å². The summed E-state index contributed by atoms with van der Waals surface area (Å²) in [5, 5.41) is 5.12. The zero-order valence-electron chi connectivity index (χ0n) is 17.7. The van der Waals surface area contributed by atoms with Gasteiger partial charge in [-0.05, 0) is 48.7 Å². The van der Waals surface area contributed by atoms with Crippen molar-refractivity contribution in [3.8, 4) is 0 Å². The molecule has 1 heterocycles. The van der Waals surface area contributed by atoms with E-state index in [1.165, 1.54) is 32.3 Å². The van der Waals surface area contributed by atoms with Crippen LogP contribution in [0.15, 0.2) is 47.4 Å². The van der Waals surface area contributed by atoms with Crippen LogP contribution in [0.25, 0.3) is 0 Å². The number of urea groups is 1. The lowest BCUT2D eigenvalue weighted by Gasteiger charge is -2.23. The molecule has 174 valence electrons. The fourth-order valence-electron chi connectivity index (χ4n) is 3.39. The van der Waals surface area contributed by atoms with E-state index < -0.39 is 27.8 Å². The van der Waals surface area contributed by atoms with Gasteiger partial charge >= 0.3 is 12.2 Å². The molecular formula is C21H25F3N4O3S. The summed E-state index contributed by atoms with van der Waals surface area (Å²) in [6.07, 6.45) is -2.65. The number of carbonyl (C=O) groups excluding carboxylic acids is 1. The molecule has 2 N–H and O–H groups in total. The Balaban J connectivity index is 1.70. The maximum Gasteiger partial charge on any atom is 0.416 e. The SMILES string of the molecule is CN(C)S(=O)(=O)c1ccc(CNC(=O)Nc2cc(C(F)(F)F)ccc2N2CCCC2)cc1. The third-order valence-corrected chi connectivity index (χ3v) is 7.00. The number of alkyl halides is 3. The van der Waals surface area contributed by atoms with E-state index in [0.29, 0.717) is 24.3 Å². The first-order valence-corrected chi connectivity index (χ1v) is 11.4. The number of hydrogen-bond donors (Lipinski definition) is 2. The van der Waals surface area contributed by atoms with Crippen LogP contribution in [0.3, 0.4) is 0 Å². The molecule has 32 heavy (non-hydrogen) atoms. The van der Waals surface area contributed by atoms with Gasteiger partial charge in [0.15, 0.2) is 0 Å². The van der Waals surface area contributed by atoms with Gasteiger partial charge in [0.1, 0.15) is 0 Å². The van der Waals surface area contributed by atoms with Crippen LogP contribution >= 0.6 is 0 Å². The molecule has 0 radical (unpaired) electrons. The van der Waals surface area contributed by atoms with E-state index in [-0.39, 0.29) is 17.1 Å². The first-order chi connectivity index (χ1) is 15.0. The molecule has 1 aliphatic heterocycles. The molecule has 0 saturated carbocycles. The van der Waals surface area contributed by atoms with Crippen molar-refractivity contribution in [1.29, 1.82) is 0 Å². The number of hydrogen-bond acceptors (Lipinski definition) is 4. The first kappa shape index (κ1) is 23.9. The summed E-state index contributed by atoms with van der Waals surface area (Å²) in [7, 11) is -0.698. The van der Waals surface area contributed by atoms with Crippen molar-refractivity contribution < 1.29 is 26.4 Å². The highest BCUT2D eigenvalue weighted by atomic mass is 32.2. The van der Waals surface area contributed by atoms with Gasteiger partial charge in [-0.15, -0.1) is 0 Å². The lowest BCUT2D eigenvalue weighted by atomic mass is 10.1. The van der Waals surface area contributed by atoms with Crippen LogP contribution in [0.4, 0.5) is 29.3 Å². The van der Waals surface area contributed by atoms with E-state index in [4.69, 9.17) is 0 Å². The van der Waals surface area contributed by atoms with Crippen molar-refractivity contribution in [1.82, 2.24) is 9.62 Å². The van der Waals surface area contributed by atoms with E-state index in [1.54, 1.807) is 12.1 Å². The van der Waals surface area contributed by atoms with Crippen LogP contribution in [0.1, 0.15) is 24.0 Å². The van der Waals surface area contributed by atoms with Gasteiger partial charge in [-0.2, -0.15) is 13.2 Å². The molecule has 0 spiro atoms. The van der Waals surface area contributed by atoms with Crippen LogP contribution in [0.5, 0.6) is 0 Å². The molecule has 2 aromatic rings. The number of nitrogens with zero attached hydrogens (tertiary/aromatic N) is 2. The molecule has 0 atom stereocenters. The average molecular weight is 471 g/mol. The van der Waals surface area contributed by atoms with Crippen molar-refractivity contribution in [3.05, 3.63) is 53.6 Å². The first-order valence-electron chi connectivity index (χ1n) is 10.0. The number of halogens is 3. The Morgan fingerprint density at radius 2 is 1.69 bits per heavy atom. The summed E-state index contributed by atoms with van der Waals surface area (Å²) in [5.41, 5.74) is 0.436. The van der Waals surface area contributed by atoms with Gasteiger partial charge in [-0.25, -0.2) is 17.5 Å². The van der Waals surface area contributed by atoms with Crippen molar-refractivity contribution >= 4 is 27.4 Å². The molecule has 1 aliphatic rings. The van der Waals surface area contributed by atoms with Crippen LogP contribution in [-0.2, 0) is 22.7 Å². The third kappa shape index (κ3) is 5.52. The van der Waals surface area contributed by atoms with Crippen molar-refractivity contribution in [3.63, 3.8) is 0 Å². The Morgan fingerprint density at radius 1 is 1.06 bits per heavy atom. The quantitative estimate of drug-likeness (QED) is 0.672. The monoisotopic (exact) mass is 470 g/mol. The van der Waals surface area contributed by atoms with Crippen molar-refractivity contribution in [2.75, 3.05) is 37.4 Å². The normalized spacial score (nSPS) is 14.6. The molecule has 3 rings (SSSR count). The predicted octanol–water partition coefficient (Wildman–Crippen LogP) is 3.88. The second-order valence-electron chi connectivity index (χ2n) is 7.66. The standard InChI is InChI=1S/C21H25F3N4O3S/c1-27(2)32(30,31)17-8-5-15(6-9-17)14-25-20(29)26-18-13-16(21(22,23)24)7-10-19(18)28-11-3-4-12-28/h5-10,13H,3-4,11-12,14H2,1-2H3,(H2,25,26,29). The van der Waals surface area contributed by atoms with E-state index in [9.17, 15) is 26.4 Å². The largest absolute Gasteiger partial charge is 0.416 e. The molecule has 1 saturated heterocycles. The minimum absolute atomic E-state index is 0.0755. The third-order valence-electron chi connectivity index (χ3n) is 5.17. The lowest BCUT2D eigenvalue weighted by molar-refractivity contribution is -0.137. The van der Waals surface area contributed by atoms with Gasteiger partial charge in [0, 0.05) is 33.7 Å². The molecule has 0 unspecified atom stereocenters. The number of nitrogens with one attached hydrogen (secondary N) is 2. The summed E-state index contributed by atoms with van der Waals surface area (Å²) < 4.78 is 64.8. The number of carbonyl (C=O) groups is 1. The van der Waals surface area contributed by atoms with Crippen LogP contribution in [-0.4, -0.2) is 45.9 Å². The van der Waals surface area contributed by atoms with Gasteiger partial charge in [0.05, 0.1) is 21.8 Å².